The molecule has 0 amide bonds. The van der Waals surface area contributed by atoms with Crippen LogP contribution >= 0.6 is 25.3 Å². The summed E-state index contributed by atoms with van der Waals surface area (Å²) in [6, 6.07) is 0. The summed E-state index contributed by atoms with van der Waals surface area (Å²) in [7, 11) is 0. The van der Waals surface area contributed by atoms with Crippen molar-refractivity contribution in [2.24, 2.45) is 0 Å². The van der Waals surface area contributed by atoms with Crippen LogP contribution in [0.3, 0.4) is 0 Å². The second-order valence-electron chi connectivity index (χ2n) is 2.05. The van der Waals surface area contributed by atoms with E-state index in [0.29, 0.717) is 0 Å². The summed E-state index contributed by atoms with van der Waals surface area (Å²) in [5.74, 6) is 0.947. The first-order valence-corrected chi connectivity index (χ1v) is 4.39. The fraction of sp³-hybridized carbons (Fsp3) is 1.00. The zero-order valence-electron chi connectivity index (χ0n) is 6.16. The van der Waals surface area contributed by atoms with Gasteiger partial charge in [0.05, 0.1) is 5.44 Å². The van der Waals surface area contributed by atoms with Crippen LogP contribution in [0.5, 0.6) is 0 Å². The molecule has 1 atom stereocenters. The van der Waals surface area contributed by atoms with E-state index in [2.05, 4.69) is 25.3 Å². The number of rotatable bonds is 5. The average molecular weight is 378 g/mol. The van der Waals surface area contributed by atoms with Crippen molar-refractivity contribution in [2.45, 2.75) is 31.1 Å². The van der Waals surface area contributed by atoms with Crippen LogP contribution in [0.15, 0.2) is 0 Å². The average Bonchev–Trinajstić information content (AvgIpc) is 1.80. The Kier molecular flexibility index (Phi) is 14.9. The molecular weight excluding hydrogens is 361 g/mol. The first-order chi connectivity index (χ1) is 4.27. The number of unbranched alkanes of at least 4 members (excludes halogenated alkanes) is 2. The van der Waals surface area contributed by atoms with Gasteiger partial charge in [-0.2, -0.15) is 12.6 Å². The number of thiol groups is 2. The first kappa shape index (κ1) is 14.1. The van der Waals surface area contributed by atoms with Gasteiger partial charge in [-0.3, -0.25) is 0 Å². The Morgan fingerprint density at radius 2 is 1.80 bits per heavy atom. The third kappa shape index (κ3) is 12.2. The van der Waals surface area contributed by atoms with E-state index < -0.39 is 5.44 Å². The van der Waals surface area contributed by atoms with Crippen LogP contribution in [0.4, 0.5) is 0 Å². The molecule has 1 unspecified atom stereocenters. The van der Waals surface area contributed by atoms with Gasteiger partial charge in [-0.15, -0.1) is 12.6 Å². The van der Waals surface area contributed by atoms with Crippen molar-refractivity contribution in [3.05, 3.63) is 0 Å². The normalized spacial score (nSPS) is 12.3. The van der Waals surface area contributed by atoms with Gasteiger partial charge in [0.2, 0.25) is 0 Å². The van der Waals surface area contributed by atoms with E-state index in [1.54, 1.807) is 0 Å². The third-order valence-corrected chi connectivity index (χ3v) is 1.69. The topological polar surface area (TPSA) is 20.2 Å². The van der Waals surface area contributed by atoms with Gasteiger partial charge in [0.1, 0.15) is 0 Å². The number of aliphatic hydroxyl groups excluding tert-OH is 1. The van der Waals surface area contributed by atoms with Gasteiger partial charge in [0.25, 0.3) is 0 Å². The molecule has 0 aromatic heterocycles. The zero-order chi connectivity index (χ0) is 7.11. The van der Waals surface area contributed by atoms with E-state index in [9.17, 15) is 0 Å². The fourth-order valence-corrected chi connectivity index (χ4v) is 1.02. The molecule has 0 heterocycles. The molecule has 0 aromatic carbocycles. The van der Waals surface area contributed by atoms with Gasteiger partial charge in [0.15, 0.2) is 0 Å². The molecule has 10 heavy (non-hydrogen) atoms. The van der Waals surface area contributed by atoms with Crippen LogP contribution in [0, 0.1) is 0 Å². The first-order valence-electron chi connectivity index (χ1n) is 3.24. The summed E-state index contributed by atoms with van der Waals surface area (Å²) in [4.78, 5) is 0. The molecule has 0 saturated heterocycles. The summed E-state index contributed by atoms with van der Waals surface area (Å²) >= 11 is 7.90. The second-order valence-corrected chi connectivity index (χ2v) is 3.10. The van der Waals surface area contributed by atoms with E-state index in [1.807, 2.05) is 0 Å². The van der Waals surface area contributed by atoms with Crippen molar-refractivity contribution >= 4 is 51.5 Å². The van der Waals surface area contributed by atoms with E-state index in [4.69, 9.17) is 5.11 Å². The minimum atomic E-state index is -0.426. The standard InChI is InChI=1S/C6H14OS2.Bi.3H/c7-6(9)4-2-1-3-5-8;;;;/h6-9H,1-5H2;;;;. The van der Waals surface area contributed by atoms with Gasteiger partial charge >= 0.3 is 26.2 Å². The van der Waals surface area contributed by atoms with Crippen molar-refractivity contribution in [1.29, 1.82) is 0 Å². The van der Waals surface area contributed by atoms with Crippen molar-refractivity contribution in [3.63, 3.8) is 0 Å². The van der Waals surface area contributed by atoms with Crippen LogP contribution in [0.1, 0.15) is 25.7 Å². The zero-order valence-corrected chi connectivity index (χ0v) is 13.4. The predicted octanol–water partition coefficient (Wildman–Crippen LogP) is 0.541. The van der Waals surface area contributed by atoms with Crippen LogP contribution < -0.4 is 0 Å². The van der Waals surface area contributed by atoms with Crippen molar-refractivity contribution in [1.82, 2.24) is 0 Å². The Hall–Kier alpha value is 1.54. The molecule has 0 aliphatic carbocycles. The van der Waals surface area contributed by atoms with Crippen LogP contribution in [-0.4, -0.2) is 42.5 Å². The Morgan fingerprint density at radius 3 is 2.20 bits per heavy atom. The van der Waals surface area contributed by atoms with Gasteiger partial charge < -0.3 is 5.11 Å². The molecule has 0 rings (SSSR count). The molecule has 0 bridgehead atoms. The summed E-state index contributed by atoms with van der Waals surface area (Å²) in [5.41, 5.74) is -0.426. The van der Waals surface area contributed by atoms with Crippen molar-refractivity contribution in [3.8, 4) is 0 Å². The van der Waals surface area contributed by atoms with Crippen LogP contribution in [0.2, 0.25) is 0 Å². The maximum atomic E-state index is 8.70. The summed E-state index contributed by atoms with van der Waals surface area (Å²) in [6.45, 7) is 0. The second kappa shape index (κ2) is 10.5. The van der Waals surface area contributed by atoms with Crippen LogP contribution in [-0.2, 0) is 0 Å². The Labute approximate surface area is 92.9 Å². The minimum absolute atomic E-state index is 0. The van der Waals surface area contributed by atoms with E-state index in [-0.39, 0.29) is 26.2 Å². The summed E-state index contributed by atoms with van der Waals surface area (Å²) in [6.07, 6.45) is 4.16. The van der Waals surface area contributed by atoms with Crippen molar-refractivity contribution in [2.75, 3.05) is 5.75 Å². The number of hydrogen-bond acceptors (Lipinski definition) is 3. The summed E-state index contributed by atoms with van der Waals surface area (Å²) in [5, 5.41) is 8.70. The fourth-order valence-electron chi connectivity index (χ4n) is 0.615. The Balaban J connectivity index is 0. The quantitative estimate of drug-likeness (QED) is 0.276. The molecule has 0 aliphatic rings. The molecule has 0 aromatic rings. The summed E-state index contributed by atoms with van der Waals surface area (Å²) < 4.78 is 0. The molecule has 4 heteroatoms. The third-order valence-electron chi connectivity index (χ3n) is 1.12. The molecule has 1 N–H and O–H groups in total. The SMILES string of the molecule is OC(S)CCCCCS.[BiH3]. The van der Waals surface area contributed by atoms with Gasteiger partial charge in [-0.1, -0.05) is 6.42 Å². The van der Waals surface area contributed by atoms with Gasteiger partial charge in [-0.25, -0.2) is 0 Å². The molecule has 0 aliphatic heterocycles. The molecule has 64 valence electrons. The monoisotopic (exact) mass is 378 g/mol. The Morgan fingerprint density at radius 1 is 1.20 bits per heavy atom. The van der Waals surface area contributed by atoms with Gasteiger partial charge in [-0.05, 0) is 25.0 Å². The van der Waals surface area contributed by atoms with Crippen molar-refractivity contribution < 1.29 is 5.11 Å². The molecular formula is C6H17BiOS2. The van der Waals surface area contributed by atoms with Crippen LogP contribution in [0.25, 0.3) is 0 Å². The maximum absolute atomic E-state index is 8.70. The number of hydrogen-bond donors (Lipinski definition) is 3. The number of aliphatic hydroxyl groups is 1. The predicted molar refractivity (Wildman–Crippen MR) is 57.3 cm³/mol. The van der Waals surface area contributed by atoms with E-state index in [0.717, 1.165) is 31.4 Å². The van der Waals surface area contributed by atoms with E-state index >= 15 is 0 Å². The van der Waals surface area contributed by atoms with E-state index in [1.165, 1.54) is 0 Å². The molecule has 0 radical (unpaired) electrons. The Bertz CT molecular complexity index is 61.7. The molecule has 0 saturated carbocycles. The molecule has 0 spiro atoms. The van der Waals surface area contributed by atoms with Gasteiger partial charge in [0, 0.05) is 0 Å². The molecule has 1 nitrogen and oxygen atoms in total. The molecule has 0 fully saturated rings.